The highest BCUT2D eigenvalue weighted by Gasteiger charge is 2.66. The molecule has 0 aliphatic heterocycles. The van der Waals surface area contributed by atoms with Gasteiger partial charge in [-0.15, -0.1) is 0 Å². The standard InChI is InChI=1S/C24H38O6/c1-23-9-8-14(25)10-13(23)11-19(27)22-16-5-4-15(18(26)6-7-21(29)30-3)24(16,2)20(28)12-17(22)23/h13-17,19-20,22,25,27-28H,4-12H2,1-3H3/t13-,14+,15-,16+,17+,19+,20+,22+,23+,24-/m1/s1. The molecule has 0 saturated heterocycles. The molecule has 0 unspecified atom stereocenters. The van der Waals surface area contributed by atoms with Gasteiger partial charge in [0.15, 0.2) is 0 Å². The number of carbonyl (C=O) groups is 2. The van der Waals surface area contributed by atoms with Gasteiger partial charge in [-0.25, -0.2) is 0 Å². The molecule has 0 aromatic heterocycles. The van der Waals surface area contributed by atoms with Crippen LogP contribution in [0.25, 0.3) is 0 Å². The number of fused-ring (bicyclic) bond motifs is 5. The lowest BCUT2D eigenvalue weighted by molar-refractivity contribution is -0.204. The predicted octanol–water partition coefficient (Wildman–Crippen LogP) is 2.47. The fourth-order valence-electron chi connectivity index (χ4n) is 8.20. The zero-order chi connectivity index (χ0) is 21.8. The van der Waals surface area contributed by atoms with Gasteiger partial charge in [0.05, 0.1) is 31.8 Å². The monoisotopic (exact) mass is 422 g/mol. The zero-order valence-corrected chi connectivity index (χ0v) is 18.5. The van der Waals surface area contributed by atoms with E-state index in [2.05, 4.69) is 11.7 Å². The van der Waals surface area contributed by atoms with Crippen molar-refractivity contribution in [2.45, 2.75) is 89.9 Å². The fraction of sp³-hybridized carbons (Fsp3) is 0.917. The Labute approximate surface area is 179 Å². The summed E-state index contributed by atoms with van der Waals surface area (Å²) in [5.74, 6) is 0.0931. The van der Waals surface area contributed by atoms with Crippen molar-refractivity contribution in [3.63, 3.8) is 0 Å². The highest BCUT2D eigenvalue weighted by Crippen LogP contribution is 2.67. The SMILES string of the molecule is COC(=O)CCC(=O)[C@H]1CC[C@H]2[C@@H]3[C@@H](O)C[C@H]4C[C@@H](O)CC[C@]4(C)[C@H]3C[C@H](O)[C@]12C. The Morgan fingerprint density at radius 2 is 1.70 bits per heavy atom. The van der Waals surface area contributed by atoms with Crippen LogP contribution in [-0.2, 0) is 14.3 Å². The van der Waals surface area contributed by atoms with Crippen molar-refractivity contribution in [2.75, 3.05) is 7.11 Å². The van der Waals surface area contributed by atoms with E-state index < -0.39 is 17.6 Å². The van der Waals surface area contributed by atoms with Crippen LogP contribution in [0.15, 0.2) is 0 Å². The summed E-state index contributed by atoms with van der Waals surface area (Å²) >= 11 is 0. The first-order valence-electron chi connectivity index (χ1n) is 11.8. The molecule has 4 aliphatic carbocycles. The van der Waals surface area contributed by atoms with Crippen LogP contribution in [0.1, 0.15) is 71.6 Å². The van der Waals surface area contributed by atoms with E-state index in [1.165, 1.54) is 7.11 Å². The summed E-state index contributed by atoms with van der Waals surface area (Å²) in [6, 6.07) is 0. The Hall–Kier alpha value is -0.980. The van der Waals surface area contributed by atoms with Crippen LogP contribution in [0.4, 0.5) is 0 Å². The average molecular weight is 423 g/mol. The van der Waals surface area contributed by atoms with Crippen LogP contribution < -0.4 is 0 Å². The minimum atomic E-state index is -0.590. The van der Waals surface area contributed by atoms with Crippen LogP contribution in [0.2, 0.25) is 0 Å². The van der Waals surface area contributed by atoms with E-state index in [1.807, 2.05) is 6.92 Å². The normalized spacial score (nSPS) is 50.2. The average Bonchev–Trinajstić information content (AvgIpc) is 3.06. The van der Waals surface area contributed by atoms with Crippen LogP contribution in [-0.4, -0.2) is 52.5 Å². The summed E-state index contributed by atoms with van der Waals surface area (Å²) in [7, 11) is 1.33. The number of hydrogen-bond acceptors (Lipinski definition) is 6. The Morgan fingerprint density at radius 3 is 2.40 bits per heavy atom. The van der Waals surface area contributed by atoms with Gasteiger partial charge in [-0.3, -0.25) is 9.59 Å². The third kappa shape index (κ3) is 3.25. The van der Waals surface area contributed by atoms with Gasteiger partial charge in [-0.2, -0.15) is 0 Å². The highest BCUT2D eigenvalue weighted by atomic mass is 16.5. The van der Waals surface area contributed by atoms with Crippen LogP contribution in [0.3, 0.4) is 0 Å². The van der Waals surface area contributed by atoms with E-state index in [9.17, 15) is 24.9 Å². The summed E-state index contributed by atoms with van der Waals surface area (Å²) in [6.07, 6.45) is 4.25. The number of hydrogen-bond donors (Lipinski definition) is 3. The second kappa shape index (κ2) is 7.86. The molecule has 0 spiro atoms. The summed E-state index contributed by atoms with van der Waals surface area (Å²) in [5.41, 5.74) is -0.523. The molecule has 0 heterocycles. The van der Waals surface area contributed by atoms with Crippen molar-refractivity contribution in [1.82, 2.24) is 0 Å². The maximum Gasteiger partial charge on any atom is 0.305 e. The number of ether oxygens (including phenoxy) is 1. The second-order valence-electron chi connectivity index (χ2n) is 11.0. The van der Waals surface area contributed by atoms with Crippen molar-refractivity contribution in [2.24, 2.45) is 40.4 Å². The molecule has 10 atom stereocenters. The Bertz CT molecular complexity index is 693. The fourth-order valence-corrected chi connectivity index (χ4v) is 8.20. The molecule has 0 aromatic rings. The first-order valence-corrected chi connectivity index (χ1v) is 11.8. The molecule has 3 N–H and O–H groups in total. The number of ketones is 1. The molecule has 4 aliphatic rings. The van der Waals surface area contributed by atoms with Crippen LogP contribution in [0.5, 0.6) is 0 Å². The molecule has 0 radical (unpaired) electrons. The molecule has 4 saturated carbocycles. The molecule has 170 valence electrons. The first kappa shape index (κ1) is 22.2. The van der Waals surface area contributed by atoms with Gasteiger partial charge in [-0.1, -0.05) is 13.8 Å². The van der Waals surface area contributed by atoms with Gasteiger partial charge >= 0.3 is 5.97 Å². The lowest BCUT2D eigenvalue weighted by Gasteiger charge is -2.63. The molecule has 6 nitrogen and oxygen atoms in total. The van der Waals surface area contributed by atoms with Gasteiger partial charge in [0, 0.05) is 17.8 Å². The lowest BCUT2D eigenvalue weighted by Crippen LogP contribution is -2.62. The number of aliphatic hydroxyl groups is 3. The molecule has 0 bridgehead atoms. The summed E-state index contributed by atoms with van der Waals surface area (Å²) < 4.78 is 4.68. The topological polar surface area (TPSA) is 104 Å². The molecule has 4 fully saturated rings. The van der Waals surface area contributed by atoms with E-state index in [4.69, 9.17) is 0 Å². The quantitative estimate of drug-likeness (QED) is 0.601. The van der Waals surface area contributed by atoms with Crippen molar-refractivity contribution < 1.29 is 29.6 Å². The molecule has 0 aromatic carbocycles. The smallest absolute Gasteiger partial charge is 0.305 e. The van der Waals surface area contributed by atoms with Gasteiger partial charge < -0.3 is 20.1 Å². The lowest BCUT2D eigenvalue weighted by atomic mass is 9.43. The number of methoxy groups -OCH3 is 1. The third-order valence-corrected chi connectivity index (χ3v) is 9.96. The van der Waals surface area contributed by atoms with Crippen LogP contribution in [0, 0.1) is 40.4 Å². The highest BCUT2D eigenvalue weighted by molar-refractivity contribution is 5.85. The van der Waals surface area contributed by atoms with E-state index in [0.717, 1.165) is 25.7 Å². The Kier molecular flexibility index (Phi) is 5.82. The first-order chi connectivity index (χ1) is 14.1. The van der Waals surface area contributed by atoms with Gasteiger partial charge in [0.25, 0.3) is 0 Å². The van der Waals surface area contributed by atoms with E-state index in [1.54, 1.807) is 0 Å². The maximum atomic E-state index is 13.0. The minimum Gasteiger partial charge on any atom is -0.469 e. The number of carbonyl (C=O) groups excluding carboxylic acids is 2. The Balaban J connectivity index is 1.59. The summed E-state index contributed by atoms with van der Waals surface area (Å²) in [4.78, 5) is 24.5. The van der Waals surface area contributed by atoms with Crippen molar-refractivity contribution in [1.29, 1.82) is 0 Å². The molecular formula is C24H38O6. The van der Waals surface area contributed by atoms with E-state index in [-0.39, 0.29) is 65.7 Å². The third-order valence-electron chi connectivity index (χ3n) is 9.96. The second-order valence-corrected chi connectivity index (χ2v) is 11.0. The van der Waals surface area contributed by atoms with E-state index >= 15 is 0 Å². The predicted molar refractivity (Wildman–Crippen MR) is 110 cm³/mol. The molecular weight excluding hydrogens is 384 g/mol. The Morgan fingerprint density at radius 1 is 0.967 bits per heavy atom. The number of Topliss-reactive ketones (excluding diaryl/α,β-unsaturated/α-hetero) is 1. The largest absolute Gasteiger partial charge is 0.469 e. The maximum absolute atomic E-state index is 13.0. The number of aliphatic hydroxyl groups excluding tert-OH is 3. The summed E-state index contributed by atoms with van der Waals surface area (Å²) in [5, 5.41) is 32.8. The zero-order valence-electron chi connectivity index (χ0n) is 18.5. The number of rotatable bonds is 4. The molecule has 6 heteroatoms. The molecule has 0 amide bonds. The van der Waals surface area contributed by atoms with Gasteiger partial charge in [0.2, 0.25) is 0 Å². The summed E-state index contributed by atoms with van der Waals surface area (Å²) in [6.45, 7) is 4.34. The van der Waals surface area contributed by atoms with Gasteiger partial charge in [-0.05, 0) is 74.0 Å². The van der Waals surface area contributed by atoms with Crippen molar-refractivity contribution in [3.05, 3.63) is 0 Å². The number of esters is 1. The minimum absolute atomic E-state index is 0.0262. The van der Waals surface area contributed by atoms with Crippen LogP contribution >= 0.6 is 0 Å². The molecule has 30 heavy (non-hydrogen) atoms. The van der Waals surface area contributed by atoms with Crippen molar-refractivity contribution in [3.8, 4) is 0 Å². The van der Waals surface area contributed by atoms with E-state index in [0.29, 0.717) is 19.3 Å². The van der Waals surface area contributed by atoms with Crippen molar-refractivity contribution >= 4 is 11.8 Å². The molecule has 4 rings (SSSR count). The van der Waals surface area contributed by atoms with Gasteiger partial charge in [0.1, 0.15) is 5.78 Å².